The summed E-state index contributed by atoms with van der Waals surface area (Å²) in [6.07, 6.45) is 1.82. The minimum atomic E-state index is -0.715. The first kappa shape index (κ1) is 33.3. The van der Waals surface area contributed by atoms with E-state index in [-0.39, 0.29) is 18.8 Å². The van der Waals surface area contributed by atoms with E-state index < -0.39 is 12.0 Å². The molecule has 1 aliphatic rings. The Labute approximate surface area is 298 Å². The van der Waals surface area contributed by atoms with E-state index in [0.29, 0.717) is 48.8 Å². The van der Waals surface area contributed by atoms with Crippen molar-refractivity contribution in [3.8, 4) is 11.5 Å². The average molecular weight is 800 g/mol. The van der Waals surface area contributed by atoms with Gasteiger partial charge in [-0.25, -0.2) is 9.79 Å². The Balaban J connectivity index is 1.46. The van der Waals surface area contributed by atoms with Crippen molar-refractivity contribution in [2.75, 3.05) is 13.2 Å². The third-order valence-electron chi connectivity index (χ3n) is 7.65. The number of aromatic nitrogens is 1. The van der Waals surface area contributed by atoms with Gasteiger partial charge in [0.05, 0.1) is 38.6 Å². The average Bonchev–Trinajstić information content (AvgIpc) is 3.34. The number of halogens is 3. The van der Waals surface area contributed by atoms with Crippen molar-refractivity contribution in [2.45, 2.75) is 33.4 Å². The molecule has 0 saturated heterocycles. The Morgan fingerprint density at radius 1 is 1.02 bits per heavy atom. The second-order valence-electron chi connectivity index (χ2n) is 10.7. The van der Waals surface area contributed by atoms with Crippen molar-refractivity contribution < 1.29 is 19.0 Å². The molecule has 1 aromatic heterocycles. The fourth-order valence-electron chi connectivity index (χ4n) is 5.59. The van der Waals surface area contributed by atoms with Gasteiger partial charge in [-0.1, -0.05) is 83.1 Å². The molecule has 0 unspecified atom stereocenters. The molecule has 11 heteroatoms. The largest absolute Gasteiger partial charge is 0.490 e. The quantitative estimate of drug-likeness (QED) is 0.112. The van der Waals surface area contributed by atoms with Gasteiger partial charge in [0.2, 0.25) is 0 Å². The number of benzene rings is 4. The van der Waals surface area contributed by atoms with Crippen LogP contribution in [0.15, 0.2) is 93.9 Å². The van der Waals surface area contributed by atoms with Crippen molar-refractivity contribution in [3.05, 3.63) is 134 Å². The van der Waals surface area contributed by atoms with Gasteiger partial charge in [-0.05, 0) is 95.6 Å². The van der Waals surface area contributed by atoms with E-state index in [2.05, 4.69) is 22.6 Å². The lowest BCUT2D eigenvalue weighted by Gasteiger charge is -2.25. The molecule has 5 aromatic rings. The smallest absolute Gasteiger partial charge is 0.338 e. The van der Waals surface area contributed by atoms with Crippen LogP contribution in [0.3, 0.4) is 0 Å². The molecular formula is C36H29Cl2IN2O5S. The molecule has 4 aromatic carbocycles. The maximum atomic E-state index is 14.3. The lowest BCUT2D eigenvalue weighted by atomic mass is 9.91. The second-order valence-corrected chi connectivity index (χ2v) is 13.7. The third kappa shape index (κ3) is 6.72. The maximum Gasteiger partial charge on any atom is 0.338 e. The Kier molecular flexibility index (Phi) is 10.1. The van der Waals surface area contributed by atoms with Crippen LogP contribution in [0, 0.1) is 3.57 Å². The number of carbonyl (C=O) groups is 1. The number of thiazole rings is 1. The van der Waals surface area contributed by atoms with Gasteiger partial charge in [0.15, 0.2) is 16.3 Å². The SMILES string of the molecule is CCOC(=O)C1=C(C)N=c2s/c(=C\c3cc(I)c(OCc4ccc(Cl)cc4Cl)c(OCC)c3)c(=O)n2[C@@H]1c1cccc2ccccc12. The molecule has 0 amide bonds. The fraction of sp³-hybridized carbons (Fsp3) is 0.194. The molecule has 0 bridgehead atoms. The van der Waals surface area contributed by atoms with Crippen molar-refractivity contribution in [1.29, 1.82) is 0 Å². The molecule has 6 rings (SSSR count). The normalized spacial score (nSPS) is 14.6. The van der Waals surface area contributed by atoms with Crippen LogP contribution >= 0.6 is 57.1 Å². The molecule has 0 N–H and O–H groups in total. The zero-order chi connectivity index (χ0) is 33.2. The molecule has 0 fully saturated rings. The molecule has 47 heavy (non-hydrogen) atoms. The Morgan fingerprint density at radius 3 is 2.57 bits per heavy atom. The Bertz CT molecular complexity index is 2240. The van der Waals surface area contributed by atoms with Crippen LogP contribution in [0.4, 0.5) is 0 Å². The van der Waals surface area contributed by atoms with E-state index in [4.69, 9.17) is 42.4 Å². The first-order valence-electron chi connectivity index (χ1n) is 14.9. The molecule has 0 spiro atoms. The minimum Gasteiger partial charge on any atom is -0.490 e. The highest BCUT2D eigenvalue weighted by Gasteiger charge is 2.34. The highest BCUT2D eigenvalue weighted by molar-refractivity contribution is 14.1. The summed E-state index contributed by atoms with van der Waals surface area (Å²) >= 11 is 15.9. The monoisotopic (exact) mass is 798 g/mol. The summed E-state index contributed by atoms with van der Waals surface area (Å²) in [5.74, 6) is 0.618. The second kappa shape index (κ2) is 14.2. The summed E-state index contributed by atoms with van der Waals surface area (Å²) < 4.78 is 20.5. The van der Waals surface area contributed by atoms with Gasteiger partial charge >= 0.3 is 5.97 Å². The van der Waals surface area contributed by atoms with Gasteiger partial charge in [0.25, 0.3) is 5.56 Å². The van der Waals surface area contributed by atoms with Crippen molar-refractivity contribution in [1.82, 2.24) is 4.57 Å². The van der Waals surface area contributed by atoms with Crippen LogP contribution in [0.1, 0.15) is 43.5 Å². The number of rotatable bonds is 9. The zero-order valence-electron chi connectivity index (χ0n) is 25.7. The summed E-state index contributed by atoms with van der Waals surface area (Å²) in [4.78, 5) is 32.9. The lowest BCUT2D eigenvalue weighted by Crippen LogP contribution is -2.40. The summed E-state index contributed by atoms with van der Waals surface area (Å²) in [5.41, 5.74) is 2.97. The summed E-state index contributed by atoms with van der Waals surface area (Å²) in [6.45, 7) is 6.29. The van der Waals surface area contributed by atoms with E-state index in [1.807, 2.05) is 73.7 Å². The van der Waals surface area contributed by atoms with E-state index in [0.717, 1.165) is 31.0 Å². The van der Waals surface area contributed by atoms with Gasteiger partial charge in [0.1, 0.15) is 6.61 Å². The number of fused-ring (bicyclic) bond motifs is 2. The first-order valence-corrected chi connectivity index (χ1v) is 17.6. The van der Waals surface area contributed by atoms with Crippen molar-refractivity contribution in [2.24, 2.45) is 4.99 Å². The number of allylic oxidation sites excluding steroid dienone is 1. The predicted octanol–water partition coefficient (Wildman–Crippen LogP) is 7.84. The van der Waals surface area contributed by atoms with Gasteiger partial charge in [-0.15, -0.1) is 0 Å². The molecule has 0 radical (unpaired) electrons. The topological polar surface area (TPSA) is 79.1 Å². The molecule has 240 valence electrons. The number of nitrogens with zero attached hydrogens (tertiary/aromatic N) is 2. The lowest BCUT2D eigenvalue weighted by molar-refractivity contribution is -0.139. The van der Waals surface area contributed by atoms with Gasteiger partial charge in [0, 0.05) is 15.6 Å². The summed E-state index contributed by atoms with van der Waals surface area (Å²) in [6, 6.07) is 22.2. The number of hydrogen-bond donors (Lipinski definition) is 0. The molecule has 7 nitrogen and oxygen atoms in total. The fourth-order valence-corrected chi connectivity index (χ4v) is 7.88. The number of ether oxygens (including phenoxy) is 3. The number of hydrogen-bond acceptors (Lipinski definition) is 7. The molecule has 0 aliphatic carbocycles. The number of esters is 1. The van der Waals surface area contributed by atoms with Crippen LogP contribution in [0.2, 0.25) is 10.0 Å². The van der Waals surface area contributed by atoms with E-state index in [9.17, 15) is 9.59 Å². The summed E-state index contributed by atoms with van der Waals surface area (Å²) in [5, 5.41) is 3.01. The zero-order valence-corrected chi connectivity index (χ0v) is 30.2. The standard InChI is InChI=1S/C36H29Cl2IN2O5S/c1-4-44-29-16-21(15-28(39)33(29)46-19-23-13-14-24(37)18-27(23)38)17-30-34(42)41-32(26-12-8-10-22-9-6-7-11-25(22)26)31(35(43)45-5-2)20(3)40-36(41)47-30/h6-18,32H,4-5,19H2,1-3H3/b30-17-/t32-/m1/s1. The molecular weight excluding hydrogens is 770 g/mol. The van der Waals surface area contributed by atoms with Crippen LogP contribution < -0.4 is 24.4 Å². The Morgan fingerprint density at radius 2 is 1.81 bits per heavy atom. The van der Waals surface area contributed by atoms with Gasteiger partial charge in [-0.3, -0.25) is 9.36 Å². The molecule has 1 aliphatic heterocycles. The molecule has 0 saturated carbocycles. The van der Waals surface area contributed by atoms with Crippen LogP contribution in [0.5, 0.6) is 11.5 Å². The third-order valence-corrected chi connectivity index (χ3v) is 10.0. The Hall–Kier alpha value is -3.64. The maximum absolute atomic E-state index is 14.3. The van der Waals surface area contributed by atoms with Crippen LogP contribution in [-0.4, -0.2) is 23.8 Å². The van der Waals surface area contributed by atoms with Crippen LogP contribution in [0.25, 0.3) is 16.8 Å². The molecule has 1 atom stereocenters. The highest BCUT2D eigenvalue weighted by atomic mass is 127. The van der Waals surface area contributed by atoms with Crippen LogP contribution in [-0.2, 0) is 16.1 Å². The van der Waals surface area contributed by atoms with Gasteiger partial charge in [-0.2, -0.15) is 0 Å². The van der Waals surface area contributed by atoms with Crippen molar-refractivity contribution in [3.63, 3.8) is 0 Å². The van der Waals surface area contributed by atoms with Gasteiger partial charge < -0.3 is 14.2 Å². The minimum absolute atomic E-state index is 0.204. The van der Waals surface area contributed by atoms with E-state index in [1.54, 1.807) is 30.5 Å². The first-order chi connectivity index (χ1) is 22.7. The van der Waals surface area contributed by atoms with E-state index in [1.165, 1.54) is 11.3 Å². The number of carbonyl (C=O) groups excluding carboxylic acids is 1. The highest BCUT2D eigenvalue weighted by Crippen LogP contribution is 2.37. The predicted molar refractivity (Wildman–Crippen MR) is 195 cm³/mol. The summed E-state index contributed by atoms with van der Waals surface area (Å²) in [7, 11) is 0. The van der Waals surface area contributed by atoms with E-state index >= 15 is 0 Å². The molecule has 2 heterocycles. The van der Waals surface area contributed by atoms with Crippen molar-refractivity contribution >= 4 is 79.9 Å².